The van der Waals surface area contributed by atoms with E-state index in [-0.39, 0.29) is 5.91 Å². The number of nitrogens with zero attached hydrogens (tertiary/aromatic N) is 4. The third-order valence-electron chi connectivity index (χ3n) is 5.37. The van der Waals surface area contributed by atoms with Crippen molar-refractivity contribution in [3.05, 3.63) is 105 Å². The fraction of sp³-hybridized carbons (Fsp3) is 0.160. The standard InChI is InChI=1S/C25H23Cl2N5O/c1-16-4-5-17(2)32(16)22-12-8-20(9-13-22)25(33)29-28-14-23-18(3)30-31(24(23)27)15-19-6-10-21(26)11-7-19/h4-14H,15H2,1-3H3,(H,29,33)/b28-14+. The first-order valence-corrected chi connectivity index (χ1v) is 11.1. The first-order valence-electron chi connectivity index (χ1n) is 10.4. The van der Waals surface area contributed by atoms with E-state index >= 15 is 0 Å². The van der Waals surface area contributed by atoms with Gasteiger partial charge in [0.15, 0.2) is 0 Å². The molecule has 168 valence electrons. The SMILES string of the molecule is Cc1nn(Cc2ccc(Cl)cc2)c(Cl)c1/C=N/NC(=O)c1ccc(-n2c(C)ccc2C)cc1. The van der Waals surface area contributed by atoms with Crippen molar-refractivity contribution in [2.24, 2.45) is 5.10 Å². The minimum atomic E-state index is -0.305. The topological polar surface area (TPSA) is 64.2 Å². The fourth-order valence-electron chi connectivity index (χ4n) is 3.64. The van der Waals surface area contributed by atoms with E-state index in [1.54, 1.807) is 16.8 Å². The fourth-order valence-corrected chi connectivity index (χ4v) is 4.05. The molecule has 0 aliphatic rings. The second kappa shape index (κ2) is 9.65. The van der Waals surface area contributed by atoms with Gasteiger partial charge in [0, 0.05) is 27.7 Å². The zero-order valence-corrected chi connectivity index (χ0v) is 20.0. The van der Waals surface area contributed by atoms with Gasteiger partial charge in [-0.25, -0.2) is 10.1 Å². The monoisotopic (exact) mass is 479 g/mol. The maximum absolute atomic E-state index is 12.5. The lowest BCUT2D eigenvalue weighted by Gasteiger charge is -2.10. The Hall–Kier alpha value is -3.35. The van der Waals surface area contributed by atoms with Gasteiger partial charge in [0.2, 0.25) is 0 Å². The highest BCUT2D eigenvalue weighted by atomic mass is 35.5. The highest BCUT2D eigenvalue weighted by molar-refractivity contribution is 6.32. The summed E-state index contributed by atoms with van der Waals surface area (Å²) in [4.78, 5) is 12.5. The molecule has 6 nitrogen and oxygen atoms in total. The van der Waals surface area contributed by atoms with Crippen molar-refractivity contribution in [2.75, 3.05) is 0 Å². The van der Waals surface area contributed by atoms with Crippen molar-refractivity contribution in [3.63, 3.8) is 0 Å². The smallest absolute Gasteiger partial charge is 0.271 e. The van der Waals surface area contributed by atoms with Crippen molar-refractivity contribution in [3.8, 4) is 5.69 Å². The minimum Gasteiger partial charge on any atom is -0.319 e. The Morgan fingerprint density at radius 1 is 0.970 bits per heavy atom. The molecule has 0 fully saturated rings. The molecule has 2 aromatic heterocycles. The Kier molecular flexibility index (Phi) is 6.67. The molecule has 2 aromatic carbocycles. The molecule has 0 atom stereocenters. The Morgan fingerprint density at radius 2 is 1.61 bits per heavy atom. The summed E-state index contributed by atoms with van der Waals surface area (Å²) in [5.74, 6) is -0.305. The zero-order valence-electron chi connectivity index (χ0n) is 18.5. The van der Waals surface area contributed by atoms with Gasteiger partial charge in [0.05, 0.1) is 24.0 Å². The number of carbonyl (C=O) groups is 1. The molecule has 0 spiro atoms. The van der Waals surface area contributed by atoms with E-state index < -0.39 is 0 Å². The number of hydrogen-bond donors (Lipinski definition) is 1. The number of nitrogens with one attached hydrogen (secondary N) is 1. The Bertz CT molecular complexity index is 1300. The van der Waals surface area contributed by atoms with Crippen LogP contribution in [-0.2, 0) is 6.54 Å². The first-order chi connectivity index (χ1) is 15.8. The van der Waals surface area contributed by atoms with Crippen LogP contribution in [0.1, 0.15) is 38.6 Å². The molecule has 0 saturated heterocycles. The van der Waals surface area contributed by atoms with Crippen LogP contribution in [0.2, 0.25) is 10.2 Å². The van der Waals surface area contributed by atoms with Crippen LogP contribution in [-0.4, -0.2) is 26.5 Å². The molecule has 2 heterocycles. The average molecular weight is 480 g/mol. The number of halogens is 2. The summed E-state index contributed by atoms with van der Waals surface area (Å²) in [6.45, 7) is 6.45. The van der Waals surface area contributed by atoms with Gasteiger partial charge in [-0.1, -0.05) is 35.3 Å². The van der Waals surface area contributed by atoms with E-state index in [0.717, 1.165) is 22.6 Å². The molecule has 4 rings (SSSR count). The largest absolute Gasteiger partial charge is 0.319 e. The lowest BCUT2D eigenvalue weighted by molar-refractivity contribution is 0.0955. The molecule has 0 bridgehead atoms. The van der Waals surface area contributed by atoms with Crippen molar-refractivity contribution in [1.82, 2.24) is 19.8 Å². The lowest BCUT2D eigenvalue weighted by atomic mass is 10.2. The van der Waals surface area contributed by atoms with Crippen molar-refractivity contribution in [1.29, 1.82) is 0 Å². The zero-order chi connectivity index (χ0) is 23.5. The van der Waals surface area contributed by atoms with Crippen molar-refractivity contribution >= 4 is 35.3 Å². The molecule has 4 aromatic rings. The van der Waals surface area contributed by atoms with Gasteiger partial charge >= 0.3 is 0 Å². The lowest BCUT2D eigenvalue weighted by Crippen LogP contribution is -2.17. The van der Waals surface area contributed by atoms with Crippen molar-refractivity contribution < 1.29 is 4.79 Å². The van der Waals surface area contributed by atoms with Gasteiger partial charge in [-0.3, -0.25) is 4.79 Å². The third-order valence-corrected chi connectivity index (χ3v) is 6.02. The third kappa shape index (κ3) is 5.02. The number of rotatable bonds is 6. The highest BCUT2D eigenvalue weighted by Gasteiger charge is 2.13. The van der Waals surface area contributed by atoms with Crippen LogP contribution in [0, 0.1) is 20.8 Å². The molecular weight excluding hydrogens is 457 g/mol. The Morgan fingerprint density at radius 3 is 2.24 bits per heavy atom. The van der Waals surface area contributed by atoms with E-state index in [1.807, 2.05) is 57.2 Å². The van der Waals surface area contributed by atoms with Crippen LogP contribution in [0.15, 0.2) is 65.8 Å². The second-order valence-corrected chi connectivity index (χ2v) is 8.57. The van der Waals surface area contributed by atoms with Crippen LogP contribution < -0.4 is 5.43 Å². The summed E-state index contributed by atoms with van der Waals surface area (Å²) < 4.78 is 3.82. The van der Waals surface area contributed by atoms with Gasteiger partial charge in [-0.05, 0) is 74.9 Å². The quantitative estimate of drug-likeness (QED) is 0.284. The van der Waals surface area contributed by atoms with Crippen molar-refractivity contribution in [2.45, 2.75) is 27.3 Å². The molecule has 0 aliphatic heterocycles. The molecule has 0 unspecified atom stereocenters. The summed E-state index contributed by atoms with van der Waals surface area (Å²) >= 11 is 12.4. The Labute approximate surface area is 202 Å². The molecular formula is C25H23Cl2N5O. The summed E-state index contributed by atoms with van der Waals surface area (Å²) in [5.41, 5.74) is 8.74. The molecule has 1 N–H and O–H groups in total. The van der Waals surface area contributed by atoms with Crippen LogP contribution in [0.5, 0.6) is 0 Å². The number of aromatic nitrogens is 3. The van der Waals surface area contributed by atoms with E-state index in [2.05, 4.69) is 32.3 Å². The van der Waals surface area contributed by atoms with E-state index in [0.29, 0.717) is 33.5 Å². The number of aryl methyl sites for hydroxylation is 3. The van der Waals surface area contributed by atoms with Crippen LogP contribution in [0.4, 0.5) is 0 Å². The van der Waals surface area contributed by atoms with E-state index in [9.17, 15) is 4.79 Å². The molecule has 1 amide bonds. The predicted molar refractivity (Wildman–Crippen MR) is 133 cm³/mol. The van der Waals surface area contributed by atoms with Gasteiger partial charge in [0.1, 0.15) is 5.15 Å². The molecule has 0 saturated carbocycles. The predicted octanol–water partition coefficient (Wildman–Crippen LogP) is 5.72. The molecule has 0 aliphatic carbocycles. The number of amides is 1. The molecule has 33 heavy (non-hydrogen) atoms. The minimum absolute atomic E-state index is 0.305. The number of hydrogen-bond acceptors (Lipinski definition) is 3. The van der Waals surface area contributed by atoms with Gasteiger partial charge in [0.25, 0.3) is 5.91 Å². The summed E-state index contributed by atoms with van der Waals surface area (Å²) in [6.07, 6.45) is 1.52. The van der Waals surface area contributed by atoms with E-state index in [4.69, 9.17) is 23.2 Å². The summed E-state index contributed by atoms with van der Waals surface area (Å²) in [5, 5.41) is 9.69. The maximum atomic E-state index is 12.5. The van der Waals surface area contributed by atoms with Gasteiger partial charge in [-0.2, -0.15) is 10.2 Å². The Balaban J connectivity index is 1.43. The van der Waals surface area contributed by atoms with E-state index in [1.165, 1.54) is 6.21 Å². The molecule has 0 radical (unpaired) electrons. The van der Waals surface area contributed by atoms with Crippen LogP contribution >= 0.6 is 23.2 Å². The number of carbonyl (C=O) groups excluding carboxylic acids is 1. The van der Waals surface area contributed by atoms with Crippen LogP contribution in [0.3, 0.4) is 0 Å². The summed E-state index contributed by atoms with van der Waals surface area (Å²) in [7, 11) is 0. The first kappa shape index (κ1) is 22.8. The number of benzene rings is 2. The average Bonchev–Trinajstić information content (AvgIpc) is 3.27. The van der Waals surface area contributed by atoms with Gasteiger partial charge < -0.3 is 4.57 Å². The second-order valence-electron chi connectivity index (χ2n) is 7.77. The van der Waals surface area contributed by atoms with Crippen LogP contribution in [0.25, 0.3) is 5.69 Å². The van der Waals surface area contributed by atoms with Gasteiger partial charge in [-0.15, -0.1) is 0 Å². The molecule has 8 heteroatoms. The number of hydrazone groups is 1. The summed E-state index contributed by atoms with van der Waals surface area (Å²) in [6, 6.07) is 19.0. The maximum Gasteiger partial charge on any atom is 0.271 e. The normalized spacial score (nSPS) is 11.3. The highest BCUT2D eigenvalue weighted by Crippen LogP contribution is 2.20.